The number of amides is 2. The Balaban J connectivity index is 1.79. The number of hydrogen-bond donors (Lipinski definition) is 3. The van der Waals surface area contributed by atoms with Gasteiger partial charge < -0.3 is 20.6 Å². The van der Waals surface area contributed by atoms with Gasteiger partial charge in [0.25, 0.3) is 0 Å². The number of nitrogens with one attached hydrogen (secondary N) is 2. The lowest BCUT2D eigenvalue weighted by atomic mass is 10.1. The number of anilines is 1. The Morgan fingerprint density at radius 2 is 1.91 bits per heavy atom. The normalized spacial score (nSPS) is 13.2. The van der Waals surface area contributed by atoms with Crippen LogP contribution < -0.4 is 15.5 Å². The molecular formula is C17H23N3O2S. The molecule has 1 aromatic heterocycles. The maximum Gasteiger partial charge on any atom is 0.315 e. The molecule has 3 N–H and O–H groups in total. The van der Waals surface area contributed by atoms with Crippen LogP contribution in [0.25, 0.3) is 0 Å². The second-order valence-electron chi connectivity index (χ2n) is 5.85. The molecule has 0 aliphatic carbocycles. The van der Waals surface area contributed by atoms with Gasteiger partial charge >= 0.3 is 6.03 Å². The van der Waals surface area contributed by atoms with Gasteiger partial charge in [-0.1, -0.05) is 18.2 Å². The van der Waals surface area contributed by atoms with Gasteiger partial charge in [0.2, 0.25) is 0 Å². The first-order chi connectivity index (χ1) is 10.9. The van der Waals surface area contributed by atoms with Crippen molar-refractivity contribution in [2.75, 3.05) is 25.5 Å². The van der Waals surface area contributed by atoms with Crippen molar-refractivity contribution >= 4 is 23.1 Å². The van der Waals surface area contributed by atoms with Gasteiger partial charge in [-0.2, -0.15) is 0 Å². The monoisotopic (exact) mass is 333 g/mol. The van der Waals surface area contributed by atoms with E-state index < -0.39 is 5.60 Å². The van der Waals surface area contributed by atoms with Gasteiger partial charge in [-0.05, 0) is 36.1 Å². The molecule has 2 aromatic rings. The Hall–Kier alpha value is -2.05. The van der Waals surface area contributed by atoms with Crippen LogP contribution in [0.3, 0.4) is 0 Å². The van der Waals surface area contributed by atoms with Crippen LogP contribution in [0.4, 0.5) is 10.5 Å². The number of hydrogen-bond acceptors (Lipinski definition) is 4. The van der Waals surface area contributed by atoms with Gasteiger partial charge in [-0.15, -0.1) is 11.3 Å². The number of aliphatic hydroxyl groups is 1. The minimum atomic E-state index is -1.06. The molecule has 0 spiro atoms. The average molecular weight is 333 g/mol. The van der Waals surface area contributed by atoms with Crippen LogP contribution in [-0.2, 0) is 12.1 Å². The molecule has 0 aliphatic heterocycles. The van der Waals surface area contributed by atoms with Crippen molar-refractivity contribution in [2.45, 2.75) is 19.1 Å². The topological polar surface area (TPSA) is 64.6 Å². The standard InChI is InChI=1S/C17H23N3O2S/c1-17(22,15-5-4-10-23-15)12-19-16(21)18-11-13-6-8-14(9-7-13)20(2)3/h4-10,22H,11-12H2,1-3H3,(H2,18,19,21). The summed E-state index contributed by atoms with van der Waals surface area (Å²) in [7, 11) is 3.97. The Morgan fingerprint density at radius 1 is 1.22 bits per heavy atom. The number of thiophene rings is 1. The largest absolute Gasteiger partial charge is 0.383 e. The van der Waals surface area contributed by atoms with Crippen LogP contribution >= 0.6 is 11.3 Å². The quantitative estimate of drug-likeness (QED) is 0.761. The molecule has 1 atom stereocenters. The van der Waals surface area contributed by atoms with E-state index in [9.17, 15) is 9.90 Å². The van der Waals surface area contributed by atoms with Gasteiger partial charge in [0.1, 0.15) is 5.60 Å². The summed E-state index contributed by atoms with van der Waals surface area (Å²) in [6, 6.07) is 11.4. The smallest absolute Gasteiger partial charge is 0.315 e. The minimum Gasteiger partial charge on any atom is -0.383 e. The van der Waals surface area contributed by atoms with E-state index in [1.54, 1.807) is 6.92 Å². The first kappa shape index (κ1) is 17.3. The first-order valence-electron chi connectivity index (χ1n) is 7.43. The molecule has 23 heavy (non-hydrogen) atoms. The van der Waals surface area contributed by atoms with Gasteiger partial charge in [-0.3, -0.25) is 0 Å². The molecule has 1 aromatic carbocycles. The second-order valence-corrected chi connectivity index (χ2v) is 6.80. The number of benzene rings is 1. The molecule has 6 heteroatoms. The predicted molar refractivity (Wildman–Crippen MR) is 94.9 cm³/mol. The molecule has 0 saturated heterocycles. The summed E-state index contributed by atoms with van der Waals surface area (Å²) >= 11 is 1.47. The van der Waals surface area contributed by atoms with Crippen LogP contribution in [0.5, 0.6) is 0 Å². The van der Waals surface area contributed by atoms with Crippen molar-refractivity contribution in [3.05, 3.63) is 52.2 Å². The fourth-order valence-electron chi connectivity index (χ4n) is 2.08. The lowest BCUT2D eigenvalue weighted by Gasteiger charge is -2.22. The number of carbonyl (C=O) groups is 1. The van der Waals surface area contributed by atoms with E-state index >= 15 is 0 Å². The van der Waals surface area contributed by atoms with E-state index in [4.69, 9.17) is 0 Å². The Morgan fingerprint density at radius 3 is 2.48 bits per heavy atom. The van der Waals surface area contributed by atoms with E-state index in [2.05, 4.69) is 10.6 Å². The second kappa shape index (κ2) is 7.48. The minimum absolute atomic E-state index is 0.166. The highest BCUT2D eigenvalue weighted by molar-refractivity contribution is 7.10. The lowest BCUT2D eigenvalue weighted by molar-refractivity contribution is 0.0631. The van der Waals surface area contributed by atoms with Gasteiger partial charge in [0.15, 0.2) is 0 Å². The Bertz CT molecular complexity index is 622. The maximum absolute atomic E-state index is 11.9. The van der Waals surface area contributed by atoms with Crippen LogP contribution in [0.1, 0.15) is 17.4 Å². The molecule has 0 saturated carbocycles. The highest BCUT2D eigenvalue weighted by Crippen LogP contribution is 2.24. The predicted octanol–water partition coefficient (Wildman–Crippen LogP) is 2.52. The number of carbonyl (C=O) groups excluding carboxylic acids is 1. The first-order valence-corrected chi connectivity index (χ1v) is 8.31. The van der Waals surface area contributed by atoms with Crippen molar-refractivity contribution in [1.29, 1.82) is 0 Å². The third kappa shape index (κ3) is 4.97. The van der Waals surface area contributed by atoms with Crippen LogP contribution in [-0.4, -0.2) is 31.8 Å². The molecular weight excluding hydrogens is 310 g/mol. The summed E-state index contributed by atoms with van der Waals surface area (Å²) in [6.07, 6.45) is 0. The number of nitrogens with zero attached hydrogens (tertiary/aromatic N) is 1. The van der Waals surface area contributed by atoms with Crippen molar-refractivity contribution in [3.8, 4) is 0 Å². The molecule has 124 valence electrons. The van der Waals surface area contributed by atoms with E-state index in [1.807, 2.05) is 60.8 Å². The molecule has 1 heterocycles. The number of urea groups is 1. The fraction of sp³-hybridized carbons (Fsp3) is 0.353. The van der Waals surface area contributed by atoms with Gasteiger partial charge in [0, 0.05) is 31.2 Å². The van der Waals surface area contributed by atoms with Crippen molar-refractivity contribution in [2.24, 2.45) is 0 Å². The number of rotatable bonds is 6. The summed E-state index contributed by atoms with van der Waals surface area (Å²) < 4.78 is 0. The van der Waals surface area contributed by atoms with Crippen molar-refractivity contribution in [3.63, 3.8) is 0 Å². The maximum atomic E-state index is 11.9. The molecule has 0 fully saturated rings. The summed E-state index contributed by atoms with van der Waals surface area (Å²) in [5, 5.41) is 17.8. The van der Waals surface area contributed by atoms with E-state index in [1.165, 1.54) is 11.3 Å². The molecule has 0 aliphatic rings. The van der Waals surface area contributed by atoms with E-state index in [0.717, 1.165) is 16.1 Å². The van der Waals surface area contributed by atoms with Crippen LogP contribution in [0, 0.1) is 0 Å². The summed E-state index contributed by atoms with van der Waals surface area (Å²) in [4.78, 5) is 14.7. The lowest BCUT2D eigenvalue weighted by Crippen LogP contribution is -2.42. The summed E-state index contributed by atoms with van der Waals surface area (Å²) in [6.45, 7) is 2.30. The Labute approximate surface area is 140 Å². The van der Waals surface area contributed by atoms with Crippen LogP contribution in [0.15, 0.2) is 41.8 Å². The average Bonchev–Trinajstić information content (AvgIpc) is 3.06. The molecule has 2 rings (SSSR count). The zero-order valence-electron chi connectivity index (χ0n) is 13.7. The van der Waals surface area contributed by atoms with E-state index in [0.29, 0.717) is 6.54 Å². The third-order valence-corrected chi connectivity index (χ3v) is 4.67. The van der Waals surface area contributed by atoms with Crippen LogP contribution in [0.2, 0.25) is 0 Å². The zero-order chi connectivity index (χ0) is 16.9. The zero-order valence-corrected chi connectivity index (χ0v) is 14.5. The molecule has 0 radical (unpaired) electrons. The molecule has 2 amide bonds. The molecule has 0 bridgehead atoms. The van der Waals surface area contributed by atoms with Crippen molar-refractivity contribution < 1.29 is 9.90 Å². The van der Waals surface area contributed by atoms with Crippen molar-refractivity contribution in [1.82, 2.24) is 10.6 Å². The SMILES string of the molecule is CN(C)c1ccc(CNC(=O)NCC(C)(O)c2cccs2)cc1. The third-order valence-electron chi connectivity index (χ3n) is 3.55. The fourth-order valence-corrected chi connectivity index (χ4v) is 2.87. The summed E-state index contributed by atoms with van der Waals surface area (Å²) in [5.41, 5.74) is 1.08. The highest BCUT2D eigenvalue weighted by Gasteiger charge is 2.24. The molecule has 1 unspecified atom stereocenters. The van der Waals surface area contributed by atoms with E-state index in [-0.39, 0.29) is 12.6 Å². The van der Waals surface area contributed by atoms with Gasteiger partial charge in [-0.25, -0.2) is 4.79 Å². The molecule has 5 nitrogen and oxygen atoms in total. The summed E-state index contributed by atoms with van der Waals surface area (Å²) in [5.74, 6) is 0. The highest BCUT2D eigenvalue weighted by atomic mass is 32.1. The van der Waals surface area contributed by atoms with Gasteiger partial charge in [0.05, 0.1) is 6.54 Å². The Kier molecular flexibility index (Phi) is 5.63.